The molecule has 8 nitrogen and oxygen atoms in total. The lowest BCUT2D eigenvalue weighted by Crippen LogP contribution is -2.54. The number of morpholine rings is 1. The number of carbonyl (C=O) groups is 3. The Morgan fingerprint density at radius 2 is 2.17 bits per heavy atom. The minimum Gasteiger partial charge on any atom is -0.379 e. The van der Waals surface area contributed by atoms with E-state index in [0.29, 0.717) is 26.2 Å². The van der Waals surface area contributed by atoms with Crippen LogP contribution >= 0.6 is 11.3 Å². The molecule has 1 spiro atoms. The Bertz CT molecular complexity index is 780. The first-order valence-corrected chi connectivity index (χ1v) is 11.7. The van der Waals surface area contributed by atoms with Crippen molar-refractivity contribution >= 4 is 29.2 Å². The fraction of sp³-hybridized carbons (Fsp3) is 0.667. The van der Waals surface area contributed by atoms with Gasteiger partial charge in [-0.3, -0.25) is 19.4 Å². The zero-order valence-electron chi connectivity index (χ0n) is 17.4. The van der Waals surface area contributed by atoms with Crippen molar-refractivity contribution in [3.05, 3.63) is 22.4 Å². The van der Waals surface area contributed by atoms with E-state index in [2.05, 4.69) is 21.6 Å². The number of thiophene rings is 1. The van der Waals surface area contributed by atoms with E-state index in [9.17, 15) is 14.4 Å². The van der Waals surface area contributed by atoms with Crippen LogP contribution in [-0.2, 0) is 14.3 Å². The molecule has 2 N–H and O–H groups in total. The zero-order chi connectivity index (χ0) is 21.1. The second kappa shape index (κ2) is 9.03. The Balaban J connectivity index is 1.38. The summed E-state index contributed by atoms with van der Waals surface area (Å²) in [6.45, 7) is 5.19. The number of urea groups is 1. The minimum atomic E-state index is -0.830. The van der Waals surface area contributed by atoms with Gasteiger partial charge in [-0.2, -0.15) is 0 Å². The first kappa shape index (κ1) is 21.3. The van der Waals surface area contributed by atoms with Gasteiger partial charge in [-0.05, 0) is 30.2 Å². The van der Waals surface area contributed by atoms with Gasteiger partial charge in [-0.25, -0.2) is 4.79 Å². The van der Waals surface area contributed by atoms with Crippen LogP contribution in [0.2, 0.25) is 0 Å². The molecule has 1 aromatic heterocycles. The van der Waals surface area contributed by atoms with Crippen molar-refractivity contribution in [3.63, 3.8) is 0 Å². The maximum atomic E-state index is 13.1. The van der Waals surface area contributed by atoms with Gasteiger partial charge in [0.25, 0.3) is 5.91 Å². The SMILES string of the molecule is CC1CCCCC12NC(=O)N(CC(=O)NCC(c1cccs1)N1CCOCC1)C2=O. The Morgan fingerprint density at radius 1 is 1.37 bits per heavy atom. The first-order chi connectivity index (χ1) is 14.5. The van der Waals surface area contributed by atoms with Gasteiger partial charge >= 0.3 is 6.03 Å². The highest BCUT2D eigenvalue weighted by Crippen LogP contribution is 2.38. The standard InChI is InChI=1S/C21H30N4O4S/c1-15-5-2-3-7-21(15)19(27)25(20(28)23-21)14-18(26)22-13-16(17-6-4-12-30-17)24-8-10-29-11-9-24/h4,6,12,15-16H,2-3,5,7-11,13-14H2,1H3,(H,22,26)(H,23,28). The number of hydrogen-bond acceptors (Lipinski definition) is 6. The molecule has 0 aromatic carbocycles. The van der Waals surface area contributed by atoms with Gasteiger partial charge in [-0.15, -0.1) is 11.3 Å². The number of nitrogens with zero attached hydrogens (tertiary/aromatic N) is 2. The molecule has 0 bridgehead atoms. The fourth-order valence-corrected chi connectivity index (χ4v) is 5.69. The summed E-state index contributed by atoms with van der Waals surface area (Å²) in [7, 11) is 0. The van der Waals surface area contributed by atoms with Crippen LogP contribution in [0.1, 0.15) is 43.5 Å². The Labute approximate surface area is 180 Å². The van der Waals surface area contributed by atoms with Crippen LogP contribution in [0.25, 0.3) is 0 Å². The van der Waals surface area contributed by atoms with Gasteiger partial charge in [0.15, 0.2) is 0 Å². The highest BCUT2D eigenvalue weighted by Gasteiger charge is 2.55. The van der Waals surface area contributed by atoms with Crippen molar-refractivity contribution < 1.29 is 19.1 Å². The highest BCUT2D eigenvalue weighted by atomic mass is 32.1. The molecule has 4 amide bonds. The molecule has 0 radical (unpaired) electrons. The van der Waals surface area contributed by atoms with Gasteiger partial charge in [0, 0.05) is 24.5 Å². The highest BCUT2D eigenvalue weighted by molar-refractivity contribution is 7.10. The summed E-state index contributed by atoms with van der Waals surface area (Å²) < 4.78 is 5.45. The molecule has 3 unspecified atom stereocenters. The van der Waals surface area contributed by atoms with Crippen molar-refractivity contribution in [1.29, 1.82) is 0 Å². The molecule has 2 saturated heterocycles. The minimum absolute atomic E-state index is 0.0608. The summed E-state index contributed by atoms with van der Waals surface area (Å²) in [5.74, 6) is -0.480. The smallest absolute Gasteiger partial charge is 0.325 e. The van der Waals surface area contributed by atoms with E-state index in [1.807, 2.05) is 18.4 Å². The second-order valence-corrected chi connectivity index (χ2v) is 9.40. The van der Waals surface area contributed by atoms with Crippen molar-refractivity contribution in [2.45, 2.75) is 44.2 Å². The van der Waals surface area contributed by atoms with Crippen LogP contribution < -0.4 is 10.6 Å². The van der Waals surface area contributed by atoms with E-state index >= 15 is 0 Å². The van der Waals surface area contributed by atoms with Crippen molar-refractivity contribution in [1.82, 2.24) is 20.4 Å². The van der Waals surface area contributed by atoms with Crippen LogP contribution in [0.4, 0.5) is 4.79 Å². The zero-order valence-corrected chi connectivity index (χ0v) is 18.2. The predicted octanol–water partition coefficient (Wildman–Crippen LogP) is 1.74. The van der Waals surface area contributed by atoms with Crippen molar-refractivity contribution in [2.75, 3.05) is 39.4 Å². The van der Waals surface area contributed by atoms with Gasteiger partial charge in [-0.1, -0.05) is 25.8 Å². The van der Waals surface area contributed by atoms with Gasteiger partial charge in [0.2, 0.25) is 5.91 Å². The Hall–Kier alpha value is -1.97. The van der Waals surface area contributed by atoms with E-state index in [0.717, 1.165) is 37.3 Å². The van der Waals surface area contributed by atoms with Gasteiger partial charge in [0.05, 0.1) is 19.3 Å². The third-order valence-electron chi connectivity index (χ3n) is 6.65. The summed E-state index contributed by atoms with van der Waals surface area (Å²) in [5.41, 5.74) is -0.830. The topological polar surface area (TPSA) is 91.0 Å². The third kappa shape index (κ3) is 4.10. The van der Waals surface area contributed by atoms with E-state index in [1.165, 1.54) is 4.88 Å². The van der Waals surface area contributed by atoms with Crippen LogP contribution in [-0.4, -0.2) is 72.6 Å². The van der Waals surface area contributed by atoms with E-state index < -0.39 is 11.6 Å². The number of hydrogen-bond donors (Lipinski definition) is 2. The molecule has 1 aromatic rings. The fourth-order valence-electron chi connectivity index (χ4n) is 4.83. The monoisotopic (exact) mass is 434 g/mol. The lowest BCUT2D eigenvalue weighted by atomic mass is 9.73. The molecule has 3 aliphatic rings. The van der Waals surface area contributed by atoms with Crippen LogP contribution in [0.15, 0.2) is 17.5 Å². The van der Waals surface area contributed by atoms with Crippen molar-refractivity contribution in [3.8, 4) is 0 Å². The first-order valence-electron chi connectivity index (χ1n) is 10.8. The molecule has 164 valence electrons. The van der Waals surface area contributed by atoms with E-state index in [-0.39, 0.29) is 30.3 Å². The number of nitrogens with one attached hydrogen (secondary N) is 2. The second-order valence-electron chi connectivity index (χ2n) is 8.42. The average molecular weight is 435 g/mol. The molecule has 3 heterocycles. The van der Waals surface area contributed by atoms with Gasteiger partial charge < -0.3 is 15.4 Å². The molecule has 3 atom stereocenters. The normalized spacial score (nSPS) is 28.6. The summed E-state index contributed by atoms with van der Waals surface area (Å²) in [6.07, 6.45) is 3.54. The number of carbonyl (C=O) groups excluding carboxylic acids is 3. The number of amides is 4. The molecular weight excluding hydrogens is 404 g/mol. The molecule has 30 heavy (non-hydrogen) atoms. The van der Waals surface area contributed by atoms with E-state index in [1.54, 1.807) is 11.3 Å². The molecule has 1 aliphatic carbocycles. The molecule has 4 rings (SSSR count). The van der Waals surface area contributed by atoms with Crippen LogP contribution in [0.3, 0.4) is 0 Å². The summed E-state index contributed by atoms with van der Waals surface area (Å²) >= 11 is 1.66. The lowest BCUT2D eigenvalue weighted by molar-refractivity contribution is -0.137. The maximum absolute atomic E-state index is 13.1. The molecule has 2 aliphatic heterocycles. The number of ether oxygens (including phenoxy) is 1. The number of imide groups is 1. The van der Waals surface area contributed by atoms with Gasteiger partial charge in [0.1, 0.15) is 12.1 Å². The predicted molar refractivity (Wildman–Crippen MR) is 113 cm³/mol. The van der Waals surface area contributed by atoms with E-state index in [4.69, 9.17) is 4.74 Å². The third-order valence-corrected chi connectivity index (χ3v) is 7.63. The lowest BCUT2D eigenvalue weighted by Gasteiger charge is -2.36. The average Bonchev–Trinajstić information content (AvgIpc) is 3.35. The summed E-state index contributed by atoms with van der Waals surface area (Å²) in [4.78, 5) is 42.8. The molecule has 9 heteroatoms. The largest absolute Gasteiger partial charge is 0.379 e. The Kier molecular flexibility index (Phi) is 6.40. The molecule has 1 saturated carbocycles. The molecule has 3 fully saturated rings. The summed E-state index contributed by atoms with van der Waals surface area (Å²) in [6, 6.07) is 3.69. The quantitative estimate of drug-likeness (QED) is 0.666. The maximum Gasteiger partial charge on any atom is 0.325 e. The summed E-state index contributed by atoms with van der Waals surface area (Å²) in [5, 5.41) is 7.88. The molecular formula is C21H30N4O4S. The Morgan fingerprint density at radius 3 is 2.87 bits per heavy atom. The van der Waals surface area contributed by atoms with Crippen LogP contribution in [0, 0.1) is 5.92 Å². The number of rotatable bonds is 6. The van der Waals surface area contributed by atoms with Crippen LogP contribution in [0.5, 0.6) is 0 Å². The van der Waals surface area contributed by atoms with Crippen molar-refractivity contribution in [2.24, 2.45) is 5.92 Å².